The molecule has 1 fully saturated rings. The second kappa shape index (κ2) is 2.45. The largest absolute Gasteiger partial charge is 0.214 e. The van der Waals surface area contributed by atoms with E-state index in [1.54, 1.807) is 13.8 Å². The second-order valence-corrected chi connectivity index (χ2v) is 5.99. The lowest BCUT2D eigenvalue weighted by Crippen LogP contribution is -2.38. The van der Waals surface area contributed by atoms with Crippen molar-refractivity contribution in [2.24, 2.45) is 0 Å². The SMILES string of the molecule is CC(C)S(=O)(=O)NC1(C)CC1. The van der Waals surface area contributed by atoms with Crippen molar-refractivity contribution in [1.82, 2.24) is 4.72 Å². The van der Waals surface area contributed by atoms with E-state index in [0.717, 1.165) is 12.8 Å². The molecule has 1 saturated carbocycles. The molecule has 66 valence electrons. The predicted octanol–water partition coefficient (Wildman–Crippen LogP) is 0.867. The molecule has 1 aliphatic rings. The van der Waals surface area contributed by atoms with Gasteiger partial charge in [0.2, 0.25) is 10.0 Å². The van der Waals surface area contributed by atoms with Crippen molar-refractivity contribution >= 4 is 10.0 Å². The molecule has 0 aromatic rings. The minimum Gasteiger partial charge on any atom is -0.212 e. The molecule has 0 heterocycles. The molecule has 1 N–H and O–H groups in total. The Morgan fingerprint density at radius 2 is 1.82 bits per heavy atom. The summed E-state index contributed by atoms with van der Waals surface area (Å²) < 4.78 is 25.2. The summed E-state index contributed by atoms with van der Waals surface area (Å²) in [5.74, 6) is 0. The summed E-state index contributed by atoms with van der Waals surface area (Å²) in [6.45, 7) is 5.31. The molecule has 3 nitrogen and oxygen atoms in total. The molecule has 0 atom stereocenters. The van der Waals surface area contributed by atoms with Gasteiger partial charge >= 0.3 is 0 Å². The first-order valence-corrected chi connectivity index (χ1v) is 5.43. The molecule has 0 radical (unpaired) electrons. The van der Waals surface area contributed by atoms with Gasteiger partial charge in [0.1, 0.15) is 0 Å². The Balaban J connectivity index is 2.61. The Kier molecular flexibility index (Phi) is 2.01. The van der Waals surface area contributed by atoms with E-state index in [4.69, 9.17) is 0 Å². The zero-order valence-electron chi connectivity index (χ0n) is 7.22. The van der Waals surface area contributed by atoms with Crippen molar-refractivity contribution in [3.63, 3.8) is 0 Å². The van der Waals surface area contributed by atoms with Gasteiger partial charge < -0.3 is 0 Å². The normalized spacial score (nSPS) is 22.2. The molecule has 0 unspecified atom stereocenters. The Labute approximate surface area is 68.2 Å². The average molecular weight is 177 g/mol. The maximum absolute atomic E-state index is 11.3. The lowest BCUT2D eigenvalue weighted by molar-refractivity contribution is 0.549. The van der Waals surface area contributed by atoms with Crippen LogP contribution in [-0.4, -0.2) is 19.2 Å². The monoisotopic (exact) mass is 177 g/mol. The third-order valence-electron chi connectivity index (χ3n) is 2.01. The number of hydrogen-bond donors (Lipinski definition) is 1. The van der Waals surface area contributed by atoms with Gasteiger partial charge in [0.05, 0.1) is 5.25 Å². The number of sulfonamides is 1. The van der Waals surface area contributed by atoms with E-state index in [0.29, 0.717) is 0 Å². The van der Waals surface area contributed by atoms with E-state index in [1.165, 1.54) is 0 Å². The Bertz CT molecular complexity index is 239. The van der Waals surface area contributed by atoms with E-state index >= 15 is 0 Å². The minimum atomic E-state index is -3.04. The molecule has 0 aliphatic heterocycles. The van der Waals surface area contributed by atoms with Crippen LogP contribution in [0.5, 0.6) is 0 Å². The topological polar surface area (TPSA) is 46.2 Å². The van der Waals surface area contributed by atoms with E-state index in [9.17, 15) is 8.42 Å². The highest BCUT2D eigenvalue weighted by Crippen LogP contribution is 2.35. The van der Waals surface area contributed by atoms with Crippen molar-refractivity contribution in [1.29, 1.82) is 0 Å². The molecule has 0 aromatic heterocycles. The molecule has 1 aliphatic carbocycles. The number of nitrogens with one attached hydrogen (secondary N) is 1. The molecular weight excluding hydrogens is 162 g/mol. The van der Waals surface area contributed by atoms with Crippen LogP contribution in [0.4, 0.5) is 0 Å². The molecule has 1 rings (SSSR count). The highest BCUT2D eigenvalue weighted by molar-refractivity contribution is 7.90. The van der Waals surface area contributed by atoms with Crippen LogP contribution in [0.1, 0.15) is 33.6 Å². The van der Waals surface area contributed by atoms with Gasteiger partial charge in [-0.25, -0.2) is 13.1 Å². The lowest BCUT2D eigenvalue weighted by Gasteiger charge is -2.14. The first-order chi connectivity index (χ1) is 4.86. The van der Waals surface area contributed by atoms with Gasteiger partial charge in [-0.05, 0) is 33.6 Å². The van der Waals surface area contributed by atoms with Gasteiger partial charge in [0.15, 0.2) is 0 Å². The van der Waals surface area contributed by atoms with Crippen molar-refractivity contribution in [3.05, 3.63) is 0 Å². The molecule has 0 aromatic carbocycles. The van der Waals surface area contributed by atoms with Crippen LogP contribution in [-0.2, 0) is 10.0 Å². The molecule has 0 amide bonds. The van der Waals surface area contributed by atoms with Crippen molar-refractivity contribution < 1.29 is 8.42 Å². The summed E-state index contributed by atoms with van der Waals surface area (Å²) in [5.41, 5.74) is -0.122. The van der Waals surface area contributed by atoms with Gasteiger partial charge in [-0.3, -0.25) is 0 Å². The van der Waals surface area contributed by atoms with Gasteiger partial charge in [-0.2, -0.15) is 0 Å². The van der Waals surface area contributed by atoms with E-state index in [2.05, 4.69) is 4.72 Å². The minimum absolute atomic E-state index is 0.122. The fourth-order valence-electron chi connectivity index (χ4n) is 0.751. The summed E-state index contributed by atoms with van der Waals surface area (Å²) in [7, 11) is -3.04. The maximum atomic E-state index is 11.3. The summed E-state index contributed by atoms with van der Waals surface area (Å²) in [5, 5.41) is -0.320. The quantitative estimate of drug-likeness (QED) is 0.695. The lowest BCUT2D eigenvalue weighted by atomic mass is 10.4. The summed E-state index contributed by atoms with van der Waals surface area (Å²) in [4.78, 5) is 0. The van der Waals surface area contributed by atoms with Gasteiger partial charge in [0, 0.05) is 5.54 Å². The number of hydrogen-bond acceptors (Lipinski definition) is 2. The fraction of sp³-hybridized carbons (Fsp3) is 1.00. The third kappa shape index (κ3) is 2.17. The van der Waals surface area contributed by atoms with Crippen LogP contribution in [0.2, 0.25) is 0 Å². The Morgan fingerprint density at radius 1 is 1.36 bits per heavy atom. The molecule has 0 spiro atoms. The maximum Gasteiger partial charge on any atom is 0.214 e. The standard InChI is InChI=1S/C7H15NO2S/c1-6(2)11(9,10)8-7(3)4-5-7/h6,8H,4-5H2,1-3H3. The Hall–Kier alpha value is -0.0900. The van der Waals surface area contributed by atoms with Crippen molar-refractivity contribution in [3.8, 4) is 0 Å². The zero-order chi connectivity index (χ0) is 8.70. The third-order valence-corrected chi connectivity index (χ3v) is 4.03. The van der Waals surface area contributed by atoms with Crippen LogP contribution >= 0.6 is 0 Å². The molecule has 11 heavy (non-hydrogen) atoms. The summed E-state index contributed by atoms with van der Waals surface area (Å²) in [6, 6.07) is 0. The first kappa shape index (κ1) is 9.00. The van der Waals surface area contributed by atoms with Gasteiger partial charge in [0.25, 0.3) is 0 Å². The van der Waals surface area contributed by atoms with Crippen LogP contribution in [0.3, 0.4) is 0 Å². The van der Waals surface area contributed by atoms with Gasteiger partial charge in [-0.1, -0.05) is 0 Å². The molecule has 4 heteroatoms. The average Bonchev–Trinajstić information content (AvgIpc) is 2.45. The fourth-order valence-corrected chi connectivity index (χ4v) is 1.88. The van der Waals surface area contributed by atoms with E-state index in [-0.39, 0.29) is 10.8 Å². The van der Waals surface area contributed by atoms with Crippen molar-refractivity contribution in [2.75, 3.05) is 0 Å². The summed E-state index contributed by atoms with van der Waals surface area (Å²) in [6.07, 6.45) is 1.94. The van der Waals surface area contributed by atoms with Crippen LogP contribution in [0.25, 0.3) is 0 Å². The van der Waals surface area contributed by atoms with Gasteiger partial charge in [-0.15, -0.1) is 0 Å². The number of rotatable bonds is 3. The van der Waals surface area contributed by atoms with E-state index < -0.39 is 10.0 Å². The second-order valence-electron chi connectivity index (χ2n) is 3.76. The molecule has 0 saturated heterocycles. The van der Waals surface area contributed by atoms with Crippen LogP contribution < -0.4 is 4.72 Å². The highest BCUT2D eigenvalue weighted by Gasteiger charge is 2.41. The zero-order valence-corrected chi connectivity index (χ0v) is 8.03. The van der Waals surface area contributed by atoms with E-state index in [1.807, 2.05) is 6.92 Å². The van der Waals surface area contributed by atoms with Crippen molar-refractivity contribution in [2.45, 2.75) is 44.4 Å². The Morgan fingerprint density at radius 3 is 2.09 bits per heavy atom. The van der Waals surface area contributed by atoms with Crippen LogP contribution in [0, 0.1) is 0 Å². The van der Waals surface area contributed by atoms with Crippen LogP contribution in [0.15, 0.2) is 0 Å². The molecular formula is C7H15NO2S. The predicted molar refractivity (Wildman–Crippen MR) is 44.8 cm³/mol. The first-order valence-electron chi connectivity index (χ1n) is 3.88. The smallest absolute Gasteiger partial charge is 0.212 e. The highest BCUT2D eigenvalue weighted by atomic mass is 32.2. The summed E-state index contributed by atoms with van der Waals surface area (Å²) >= 11 is 0. The molecule has 0 bridgehead atoms.